The largest absolute Gasteiger partial charge is 0.450 e. The fourth-order valence-electron chi connectivity index (χ4n) is 2.44. The Morgan fingerprint density at radius 2 is 2.05 bits per heavy atom. The maximum absolute atomic E-state index is 11.7. The Balaban J connectivity index is 1.99. The van der Waals surface area contributed by atoms with Crippen molar-refractivity contribution in [3.63, 3.8) is 0 Å². The first-order valence-corrected chi connectivity index (χ1v) is 8.04. The van der Waals surface area contributed by atoms with Gasteiger partial charge in [-0.1, -0.05) is 22.0 Å². The fraction of sp³-hybridized carbons (Fsp3) is 0.533. The average molecular weight is 356 g/mol. The second-order valence-corrected chi connectivity index (χ2v) is 6.02. The van der Waals surface area contributed by atoms with Gasteiger partial charge in [-0.15, -0.1) is 0 Å². The highest BCUT2D eigenvalue weighted by Crippen LogP contribution is 2.28. The summed E-state index contributed by atoms with van der Waals surface area (Å²) in [5, 5.41) is 0. The zero-order chi connectivity index (χ0) is 15.4. The summed E-state index contributed by atoms with van der Waals surface area (Å²) in [6, 6.07) is 6.25. The average Bonchev–Trinajstić information content (AvgIpc) is 2.47. The summed E-state index contributed by atoms with van der Waals surface area (Å²) in [5.41, 5.74) is 8.17. The summed E-state index contributed by atoms with van der Waals surface area (Å²) in [5.74, 6) is 0. The number of hydrogen-bond donors (Lipinski definition) is 1. The van der Waals surface area contributed by atoms with E-state index in [0.717, 1.165) is 28.8 Å². The Labute approximate surface area is 134 Å². The van der Waals surface area contributed by atoms with Gasteiger partial charge < -0.3 is 20.3 Å². The van der Waals surface area contributed by atoms with Gasteiger partial charge in [0.05, 0.1) is 6.61 Å². The Hall–Kier alpha value is -1.27. The van der Waals surface area contributed by atoms with Crippen LogP contribution < -0.4 is 10.6 Å². The van der Waals surface area contributed by atoms with Crippen molar-refractivity contribution in [2.45, 2.75) is 19.9 Å². The van der Waals surface area contributed by atoms with Gasteiger partial charge in [-0.05, 0) is 31.5 Å². The lowest BCUT2D eigenvalue weighted by Crippen LogP contribution is -2.49. The van der Waals surface area contributed by atoms with Crippen molar-refractivity contribution in [3.05, 3.63) is 28.2 Å². The summed E-state index contributed by atoms with van der Waals surface area (Å²) < 4.78 is 6.06. The molecule has 0 spiro atoms. The minimum atomic E-state index is -0.217. The van der Waals surface area contributed by atoms with E-state index in [1.165, 1.54) is 0 Å². The number of nitrogens with two attached hydrogens (primary N) is 1. The summed E-state index contributed by atoms with van der Waals surface area (Å²) in [6.45, 7) is 7.21. The summed E-state index contributed by atoms with van der Waals surface area (Å²) in [6.07, 6.45) is -0.217. The molecule has 21 heavy (non-hydrogen) atoms. The molecule has 0 bridgehead atoms. The first kappa shape index (κ1) is 16.1. The SMILES string of the molecule is CCOC(=O)N1CCN(c2ccc(C(C)N)c(Br)c2)CC1. The zero-order valence-electron chi connectivity index (χ0n) is 12.5. The van der Waals surface area contributed by atoms with Gasteiger partial charge in [0.1, 0.15) is 0 Å². The van der Waals surface area contributed by atoms with Crippen LogP contribution in [-0.4, -0.2) is 43.8 Å². The molecule has 0 radical (unpaired) electrons. The van der Waals surface area contributed by atoms with Crippen molar-refractivity contribution >= 4 is 27.7 Å². The van der Waals surface area contributed by atoms with Crippen LogP contribution in [0.1, 0.15) is 25.5 Å². The van der Waals surface area contributed by atoms with Gasteiger partial charge in [0.2, 0.25) is 0 Å². The van der Waals surface area contributed by atoms with E-state index in [1.54, 1.807) is 4.90 Å². The van der Waals surface area contributed by atoms with Gasteiger partial charge >= 0.3 is 6.09 Å². The van der Waals surface area contributed by atoms with Crippen molar-refractivity contribution in [2.24, 2.45) is 5.73 Å². The lowest BCUT2D eigenvalue weighted by Gasteiger charge is -2.35. The molecule has 1 unspecified atom stereocenters. The Kier molecular flexibility index (Phi) is 5.47. The maximum atomic E-state index is 11.7. The van der Waals surface area contributed by atoms with Gasteiger partial charge in [-0.3, -0.25) is 0 Å². The van der Waals surface area contributed by atoms with E-state index in [0.29, 0.717) is 19.7 Å². The molecule has 1 saturated heterocycles. The number of hydrogen-bond acceptors (Lipinski definition) is 4. The van der Waals surface area contributed by atoms with Crippen molar-refractivity contribution < 1.29 is 9.53 Å². The quantitative estimate of drug-likeness (QED) is 0.905. The van der Waals surface area contributed by atoms with E-state index in [9.17, 15) is 4.79 Å². The van der Waals surface area contributed by atoms with Crippen LogP contribution >= 0.6 is 15.9 Å². The molecule has 1 fully saturated rings. The smallest absolute Gasteiger partial charge is 0.409 e. The van der Waals surface area contributed by atoms with E-state index >= 15 is 0 Å². The molecule has 5 nitrogen and oxygen atoms in total. The molecular formula is C15H22BrN3O2. The number of ether oxygens (including phenoxy) is 1. The number of amides is 1. The lowest BCUT2D eigenvalue weighted by atomic mass is 10.1. The molecule has 1 aliphatic heterocycles. The Morgan fingerprint density at radius 1 is 1.38 bits per heavy atom. The predicted octanol–water partition coefficient (Wildman–Crippen LogP) is 2.75. The normalized spacial score (nSPS) is 16.8. The fourth-order valence-corrected chi connectivity index (χ4v) is 3.17. The lowest BCUT2D eigenvalue weighted by molar-refractivity contribution is 0.105. The highest BCUT2D eigenvalue weighted by Gasteiger charge is 2.22. The zero-order valence-corrected chi connectivity index (χ0v) is 14.1. The molecule has 6 heteroatoms. The van der Waals surface area contributed by atoms with Gasteiger partial charge in [-0.25, -0.2) is 4.79 Å². The van der Waals surface area contributed by atoms with Crippen LogP contribution in [0.15, 0.2) is 22.7 Å². The number of anilines is 1. The van der Waals surface area contributed by atoms with Crippen LogP contribution in [0.2, 0.25) is 0 Å². The molecule has 2 N–H and O–H groups in total. The monoisotopic (exact) mass is 355 g/mol. The number of halogens is 1. The molecular weight excluding hydrogens is 334 g/mol. The third-order valence-corrected chi connectivity index (χ3v) is 4.33. The first-order chi connectivity index (χ1) is 10.0. The number of piperazine rings is 1. The molecule has 2 rings (SSSR count). The number of carbonyl (C=O) groups excluding carboxylic acids is 1. The molecule has 1 atom stereocenters. The number of rotatable bonds is 3. The summed E-state index contributed by atoms with van der Waals surface area (Å²) >= 11 is 3.58. The molecule has 1 aliphatic rings. The van der Waals surface area contributed by atoms with Crippen LogP contribution in [0.5, 0.6) is 0 Å². The van der Waals surface area contributed by atoms with E-state index in [4.69, 9.17) is 10.5 Å². The first-order valence-electron chi connectivity index (χ1n) is 7.24. The topological polar surface area (TPSA) is 58.8 Å². The molecule has 116 valence electrons. The third kappa shape index (κ3) is 3.89. The minimum absolute atomic E-state index is 0.00841. The molecule has 0 aliphatic carbocycles. The molecule has 0 saturated carbocycles. The van der Waals surface area contributed by atoms with Gasteiger partial charge in [0, 0.05) is 42.4 Å². The highest BCUT2D eigenvalue weighted by atomic mass is 79.9. The molecule has 1 aromatic carbocycles. The highest BCUT2D eigenvalue weighted by molar-refractivity contribution is 9.10. The van der Waals surface area contributed by atoms with Crippen molar-refractivity contribution in [3.8, 4) is 0 Å². The maximum Gasteiger partial charge on any atom is 0.409 e. The third-order valence-electron chi connectivity index (χ3n) is 3.65. The molecule has 0 aromatic heterocycles. The van der Waals surface area contributed by atoms with E-state index in [2.05, 4.69) is 39.0 Å². The minimum Gasteiger partial charge on any atom is -0.450 e. The molecule has 1 amide bonds. The van der Waals surface area contributed by atoms with E-state index in [-0.39, 0.29) is 12.1 Å². The van der Waals surface area contributed by atoms with Crippen LogP contribution in [0.3, 0.4) is 0 Å². The number of carbonyl (C=O) groups is 1. The standard InChI is InChI=1S/C15H22BrN3O2/c1-3-21-15(20)19-8-6-18(7-9-19)12-4-5-13(11(2)17)14(16)10-12/h4-5,10-11H,3,6-9,17H2,1-2H3. The van der Waals surface area contributed by atoms with Crippen LogP contribution in [0.25, 0.3) is 0 Å². The van der Waals surface area contributed by atoms with Gasteiger partial charge in [0.25, 0.3) is 0 Å². The second-order valence-electron chi connectivity index (χ2n) is 5.17. The second kappa shape index (κ2) is 7.13. The molecule has 1 heterocycles. The summed E-state index contributed by atoms with van der Waals surface area (Å²) in [7, 11) is 0. The van der Waals surface area contributed by atoms with Crippen molar-refractivity contribution in [1.82, 2.24) is 4.90 Å². The van der Waals surface area contributed by atoms with Crippen molar-refractivity contribution in [2.75, 3.05) is 37.7 Å². The summed E-state index contributed by atoms with van der Waals surface area (Å²) in [4.78, 5) is 15.7. The van der Waals surface area contributed by atoms with Crippen LogP contribution in [0.4, 0.5) is 10.5 Å². The van der Waals surface area contributed by atoms with Gasteiger partial charge in [-0.2, -0.15) is 0 Å². The Bertz CT molecular complexity index is 500. The van der Waals surface area contributed by atoms with Crippen LogP contribution in [-0.2, 0) is 4.74 Å². The van der Waals surface area contributed by atoms with Crippen LogP contribution in [0, 0.1) is 0 Å². The van der Waals surface area contributed by atoms with E-state index in [1.807, 2.05) is 13.8 Å². The van der Waals surface area contributed by atoms with Gasteiger partial charge in [0.15, 0.2) is 0 Å². The Morgan fingerprint density at radius 3 is 2.57 bits per heavy atom. The van der Waals surface area contributed by atoms with Crippen molar-refractivity contribution in [1.29, 1.82) is 0 Å². The predicted molar refractivity (Wildman–Crippen MR) is 87.6 cm³/mol. The number of benzene rings is 1. The molecule has 1 aromatic rings. The van der Waals surface area contributed by atoms with E-state index < -0.39 is 0 Å². The number of nitrogens with zero attached hydrogens (tertiary/aromatic N) is 2.